The molecule has 2 atom stereocenters. The van der Waals surface area contributed by atoms with Gasteiger partial charge >= 0.3 is 0 Å². The molecule has 2 saturated heterocycles. The lowest BCUT2D eigenvalue weighted by atomic mass is 10.2. The highest BCUT2D eigenvalue weighted by Gasteiger charge is 2.39. The van der Waals surface area contributed by atoms with E-state index in [9.17, 15) is 9.59 Å². The molecule has 2 heterocycles. The lowest BCUT2D eigenvalue weighted by molar-refractivity contribution is -0.121. The van der Waals surface area contributed by atoms with Crippen LogP contribution in [0.3, 0.4) is 0 Å². The third-order valence-electron chi connectivity index (χ3n) is 4.33. The Kier molecular flexibility index (Phi) is 5.48. The second-order valence-electron chi connectivity index (χ2n) is 6.21. The SMILES string of the molecule is CCCOc1ccc(N2C(=O)C[C@@H](NC[C@H]3CCCO3)C2=O)cc1. The van der Waals surface area contributed by atoms with Gasteiger partial charge in [0, 0.05) is 13.2 Å². The topological polar surface area (TPSA) is 67.9 Å². The van der Waals surface area contributed by atoms with E-state index in [0.29, 0.717) is 18.8 Å². The average molecular weight is 332 g/mol. The van der Waals surface area contributed by atoms with E-state index < -0.39 is 6.04 Å². The maximum atomic E-state index is 12.5. The predicted octanol–water partition coefficient (Wildman–Crippen LogP) is 1.88. The van der Waals surface area contributed by atoms with E-state index >= 15 is 0 Å². The van der Waals surface area contributed by atoms with Gasteiger partial charge in [-0.25, -0.2) is 4.90 Å². The number of rotatable bonds is 7. The van der Waals surface area contributed by atoms with Crippen LogP contribution >= 0.6 is 0 Å². The van der Waals surface area contributed by atoms with Crippen LogP contribution in [0.2, 0.25) is 0 Å². The Morgan fingerprint density at radius 1 is 1.29 bits per heavy atom. The van der Waals surface area contributed by atoms with Gasteiger partial charge in [0.25, 0.3) is 5.91 Å². The summed E-state index contributed by atoms with van der Waals surface area (Å²) in [6.07, 6.45) is 3.34. The van der Waals surface area contributed by atoms with Crippen molar-refractivity contribution in [3.8, 4) is 5.75 Å². The number of hydrogen-bond donors (Lipinski definition) is 1. The summed E-state index contributed by atoms with van der Waals surface area (Å²) in [6.45, 7) is 4.08. The number of ether oxygens (including phenoxy) is 2. The number of nitrogens with one attached hydrogen (secondary N) is 1. The first kappa shape index (κ1) is 16.9. The van der Waals surface area contributed by atoms with Crippen molar-refractivity contribution in [2.45, 2.75) is 44.8 Å². The molecule has 2 fully saturated rings. The third kappa shape index (κ3) is 3.76. The van der Waals surface area contributed by atoms with Crippen LogP contribution in [0.1, 0.15) is 32.6 Å². The van der Waals surface area contributed by atoms with Crippen LogP contribution in [-0.2, 0) is 14.3 Å². The molecular weight excluding hydrogens is 308 g/mol. The molecule has 6 nitrogen and oxygen atoms in total. The summed E-state index contributed by atoms with van der Waals surface area (Å²) in [6, 6.07) is 6.63. The Morgan fingerprint density at radius 2 is 2.08 bits per heavy atom. The zero-order chi connectivity index (χ0) is 16.9. The molecule has 3 rings (SSSR count). The smallest absolute Gasteiger partial charge is 0.251 e. The summed E-state index contributed by atoms with van der Waals surface area (Å²) in [4.78, 5) is 26.1. The van der Waals surface area contributed by atoms with Crippen LogP contribution in [0.5, 0.6) is 5.75 Å². The van der Waals surface area contributed by atoms with Crippen molar-refractivity contribution in [3.63, 3.8) is 0 Å². The van der Waals surface area contributed by atoms with Gasteiger partial charge in [-0.2, -0.15) is 0 Å². The van der Waals surface area contributed by atoms with Crippen LogP contribution in [-0.4, -0.2) is 43.7 Å². The molecule has 1 N–H and O–H groups in total. The molecule has 2 aliphatic heterocycles. The van der Waals surface area contributed by atoms with Crippen molar-refractivity contribution in [2.75, 3.05) is 24.7 Å². The fraction of sp³-hybridized carbons (Fsp3) is 0.556. The molecule has 1 aromatic carbocycles. The Labute approximate surface area is 142 Å². The first-order chi connectivity index (χ1) is 11.7. The molecule has 0 radical (unpaired) electrons. The largest absolute Gasteiger partial charge is 0.494 e. The number of carbonyl (C=O) groups excluding carboxylic acids is 2. The van der Waals surface area contributed by atoms with Gasteiger partial charge in [-0.05, 0) is 43.5 Å². The molecule has 24 heavy (non-hydrogen) atoms. The van der Waals surface area contributed by atoms with Gasteiger partial charge in [0.1, 0.15) is 5.75 Å². The predicted molar refractivity (Wildman–Crippen MR) is 90.1 cm³/mol. The average Bonchev–Trinajstić information content (AvgIpc) is 3.20. The summed E-state index contributed by atoms with van der Waals surface area (Å²) in [5.41, 5.74) is 0.593. The number of imide groups is 1. The van der Waals surface area contributed by atoms with Crippen molar-refractivity contribution in [3.05, 3.63) is 24.3 Å². The normalized spacial score (nSPS) is 24.0. The van der Waals surface area contributed by atoms with Gasteiger partial charge in [0.15, 0.2) is 0 Å². The van der Waals surface area contributed by atoms with E-state index in [-0.39, 0.29) is 24.3 Å². The molecule has 0 unspecified atom stereocenters. The van der Waals surface area contributed by atoms with Crippen LogP contribution in [0.15, 0.2) is 24.3 Å². The van der Waals surface area contributed by atoms with E-state index in [4.69, 9.17) is 9.47 Å². The maximum absolute atomic E-state index is 12.5. The third-order valence-corrected chi connectivity index (χ3v) is 4.33. The standard InChI is InChI=1S/C18H24N2O4/c1-2-9-23-14-7-5-13(6-8-14)20-17(21)11-16(18(20)22)19-12-15-4-3-10-24-15/h5-8,15-16,19H,2-4,9-12H2,1H3/t15-,16-/m1/s1. The summed E-state index contributed by atoms with van der Waals surface area (Å²) in [5.74, 6) is 0.375. The molecule has 6 heteroatoms. The van der Waals surface area contributed by atoms with Gasteiger partial charge in [-0.3, -0.25) is 9.59 Å². The van der Waals surface area contributed by atoms with Crippen LogP contribution in [0.4, 0.5) is 5.69 Å². The fourth-order valence-corrected chi connectivity index (χ4v) is 3.05. The molecule has 0 aliphatic carbocycles. The number of benzene rings is 1. The highest BCUT2D eigenvalue weighted by molar-refractivity contribution is 6.22. The van der Waals surface area contributed by atoms with E-state index in [1.807, 2.05) is 6.92 Å². The quantitative estimate of drug-likeness (QED) is 0.772. The Morgan fingerprint density at radius 3 is 2.75 bits per heavy atom. The second kappa shape index (κ2) is 7.77. The monoisotopic (exact) mass is 332 g/mol. The minimum absolute atomic E-state index is 0.150. The number of anilines is 1. The molecular formula is C18H24N2O4. The number of nitrogens with zero attached hydrogens (tertiary/aromatic N) is 1. The fourth-order valence-electron chi connectivity index (χ4n) is 3.05. The number of hydrogen-bond acceptors (Lipinski definition) is 5. The van der Waals surface area contributed by atoms with Gasteiger partial charge in [-0.1, -0.05) is 6.92 Å². The molecule has 0 saturated carbocycles. The summed E-state index contributed by atoms with van der Waals surface area (Å²) in [5, 5.41) is 3.18. The van der Waals surface area contributed by atoms with Crippen molar-refractivity contribution in [1.29, 1.82) is 0 Å². The van der Waals surface area contributed by atoms with Crippen LogP contribution in [0.25, 0.3) is 0 Å². The minimum atomic E-state index is -0.460. The molecule has 130 valence electrons. The van der Waals surface area contributed by atoms with Crippen LogP contribution in [0, 0.1) is 0 Å². The Hall–Kier alpha value is -1.92. The van der Waals surface area contributed by atoms with E-state index in [0.717, 1.165) is 31.6 Å². The molecule has 0 aromatic heterocycles. The van der Waals surface area contributed by atoms with E-state index in [2.05, 4.69) is 5.32 Å². The van der Waals surface area contributed by atoms with Crippen molar-refractivity contribution in [2.24, 2.45) is 0 Å². The van der Waals surface area contributed by atoms with E-state index in [1.54, 1.807) is 24.3 Å². The first-order valence-electron chi connectivity index (χ1n) is 8.63. The van der Waals surface area contributed by atoms with Crippen molar-refractivity contribution in [1.82, 2.24) is 5.32 Å². The first-order valence-corrected chi connectivity index (χ1v) is 8.63. The zero-order valence-corrected chi connectivity index (χ0v) is 14.0. The molecule has 1 aromatic rings. The Bertz CT molecular complexity index is 581. The van der Waals surface area contributed by atoms with E-state index in [1.165, 1.54) is 4.90 Å². The highest BCUT2D eigenvalue weighted by Crippen LogP contribution is 2.25. The number of carbonyl (C=O) groups is 2. The van der Waals surface area contributed by atoms with Gasteiger partial charge in [0.05, 0.1) is 30.9 Å². The van der Waals surface area contributed by atoms with Crippen molar-refractivity contribution >= 4 is 17.5 Å². The van der Waals surface area contributed by atoms with Crippen LogP contribution < -0.4 is 15.0 Å². The summed E-state index contributed by atoms with van der Waals surface area (Å²) in [7, 11) is 0. The van der Waals surface area contributed by atoms with Crippen molar-refractivity contribution < 1.29 is 19.1 Å². The molecule has 0 bridgehead atoms. The zero-order valence-electron chi connectivity index (χ0n) is 14.0. The molecule has 2 amide bonds. The number of amides is 2. The highest BCUT2D eigenvalue weighted by atomic mass is 16.5. The summed E-state index contributed by atoms with van der Waals surface area (Å²) < 4.78 is 11.1. The summed E-state index contributed by atoms with van der Waals surface area (Å²) >= 11 is 0. The second-order valence-corrected chi connectivity index (χ2v) is 6.21. The molecule has 0 spiro atoms. The van der Waals surface area contributed by atoms with Gasteiger partial charge in [0.2, 0.25) is 5.91 Å². The lowest BCUT2D eigenvalue weighted by Crippen LogP contribution is -2.41. The minimum Gasteiger partial charge on any atom is -0.494 e. The van der Waals surface area contributed by atoms with Gasteiger partial charge in [-0.15, -0.1) is 0 Å². The maximum Gasteiger partial charge on any atom is 0.251 e. The van der Waals surface area contributed by atoms with Gasteiger partial charge < -0.3 is 14.8 Å². The molecule has 2 aliphatic rings. The Balaban J connectivity index is 1.60. The lowest BCUT2D eigenvalue weighted by Gasteiger charge is -2.17.